The summed E-state index contributed by atoms with van der Waals surface area (Å²) in [4.78, 5) is 10.6. The molecule has 0 amide bonds. The summed E-state index contributed by atoms with van der Waals surface area (Å²) in [5, 5.41) is 0. The van der Waals surface area contributed by atoms with Gasteiger partial charge in [0.2, 0.25) is 0 Å². The van der Waals surface area contributed by atoms with Gasteiger partial charge in [-0.15, -0.1) is 0 Å². The molecule has 0 aromatic carbocycles. The second kappa shape index (κ2) is 5.78. The minimum Gasteiger partial charge on any atom is -0.348 e. The third kappa shape index (κ3) is 3.39. The van der Waals surface area contributed by atoms with Crippen LogP contribution < -0.4 is 0 Å². The van der Waals surface area contributed by atoms with Gasteiger partial charge in [0.25, 0.3) is 0 Å². The number of carbonyl (C=O) groups excluding carboxylic acids is 1. The Hall–Kier alpha value is -0.670. The summed E-state index contributed by atoms with van der Waals surface area (Å²) >= 11 is 0. The lowest BCUT2D eigenvalue weighted by molar-refractivity contribution is -0.148. The molecule has 1 aliphatic carbocycles. The fourth-order valence-corrected chi connectivity index (χ4v) is 2.88. The highest BCUT2D eigenvalue weighted by atomic mass is 16.7. The first kappa shape index (κ1) is 12.8. The van der Waals surface area contributed by atoms with Crippen LogP contribution in [0.2, 0.25) is 0 Å². The number of hydrogen-bond acceptors (Lipinski definition) is 3. The zero-order valence-corrected chi connectivity index (χ0v) is 10.6. The Labute approximate surface area is 103 Å². The summed E-state index contributed by atoms with van der Waals surface area (Å²) in [6, 6.07) is 0. The lowest BCUT2D eigenvalue weighted by Gasteiger charge is -2.29. The molecule has 0 radical (unpaired) electrons. The van der Waals surface area contributed by atoms with Gasteiger partial charge in [0.15, 0.2) is 5.79 Å². The van der Waals surface area contributed by atoms with Crippen LogP contribution in [0, 0.1) is 5.92 Å². The van der Waals surface area contributed by atoms with Gasteiger partial charge in [-0.25, -0.2) is 0 Å². The molecule has 1 aliphatic heterocycles. The topological polar surface area (TPSA) is 35.5 Å². The first-order valence-electron chi connectivity index (χ1n) is 6.66. The van der Waals surface area contributed by atoms with Crippen molar-refractivity contribution in [2.24, 2.45) is 5.92 Å². The Morgan fingerprint density at radius 1 is 1.35 bits per heavy atom. The van der Waals surface area contributed by atoms with Gasteiger partial charge in [-0.05, 0) is 44.6 Å². The lowest BCUT2D eigenvalue weighted by atomic mass is 9.80. The molecular weight excluding hydrogens is 216 g/mol. The quantitative estimate of drug-likeness (QED) is 0.558. The smallest absolute Gasteiger partial charge is 0.165 e. The van der Waals surface area contributed by atoms with E-state index in [1.807, 2.05) is 6.92 Å². The van der Waals surface area contributed by atoms with Crippen LogP contribution in [0.3, 0.4) is 0 Å². The molecule has 96 valence electrons. The molecule has 2 aliphatic rings. The van der Waals surface area contributed by atoms with E-state index < -0.39 is 0 Å². The van der Waals surface area contributed by atoms with Gasteiger partial charge in [-0.3, -0.25) is 4.79 Å². The molecule has 3 nitrogen and oxygen atoms in total. The van der Waals surface area contributed by atoms with Gasteiger partial charge in [0.1, 0.15) is 6.29 Å². The minimum atomic E-state index is -0.385. The summed E-state index contributed by atoms with van der Waals surface area (Å²) in [6.45, 7) is 3.43. The van der Waals surface area contributed by atoms with E-state index in [4.69, 9.17) is 9.47 Å². The molecule has 1 unspecified atom stereocenters. The highest BCUT2D eigenvalue weighted by molar-refractivity contribution is 5.66. The fraction of sp³-hybridized carbons (Fsp3) is 0.786. The molecule has 0 spiro atoms. The highest BCUT2D eigenvalue weighted by Crippen LogP contribution is 2.35. The second-order valence-corrected chi connectivity index (χ2v) is 5.19. The van der Waals surface area contributed by atoms with Crippen molar-refractivity contribution in [2.45, 2.75) is 51.2 Å². The Balaban J connectivity index is 1.88. The molecule has 17 heavy (non-hydrogen) atoms. The molecule has 0 aromatic rings. The zero-order valence-electron chi connectivity index (χ0n) is 10.6. The largest absolute Gasteiger partial charge is 0.348 e. The first-order valence-corrected chi connectivity index (χ1v) is 6.66. The van der Waals surface area contributed by atoms with Crippen LogP contribution in [0.25, 0.3) is 0 Å². The zero-order chi connectivity index (χ0) is 12.1. The Morgan fingerprint density at radius 2 is 2.12 bits per heavy atom. The molecule has 0 aromatic heterocycles. The lowest BCUT2D eigenvalue weighted by Crippen LogP contribution is -2.27. The molecule has 0 bridgehead atoms. The van der Waals surface area contributed by atoms with Crippen LogP contribution in [0.5, 0.6) is 0 Å². The molecule has 2 fully saturated rings. The average Bonchev–Trinajstić information content (AvgIpc) is 2.76. The van der Waals surface area contributed by atoms with Crippen molar-refractivity contribution < 1.29 is 14.3 Å². The Bertz CT molecular complexity index is 290. The summed E-state index contributed by atoms with van der Waals surface area (Å²) in [7, 11) is 0. The number of hydrogen-bond donors (Lipinski definition) is 0. The molecule has 1 saturated carbocycles. The van der Waals surface area contributed by atoms with Crippen LogP contribution in [0.1, 0.15) is 45.4 Å². The maximum atomic E-state index is 10.6. The van der Waals surface area contributed by atoms with Crippen molar-refractivity contribution in [1.82, 2.24) is 0 Å². The van der Waals surface area contributed by atoms with E-state index in [-0.39, 0.29) is 5.79 Å². The molecule has 3 heteroatoms. The maximum Gasteiger partial charge on any atom is 0.165 e. The monoisotopic (exact) mass is 238 g/mol. The Morgan fingerprint density at radius 3 is 2.82 bits per heavy atom. The maximum absolute atomic E-state index is 10.6. The Kier molecular flexibility index (Phi) is 4.35. The fourth-order valence-electron chi connectivity index (χ4n) is 2.88. The summed E-state index contributed by atoms with van der Waals surface area (Å²) in [6.07, 6.45) is 9.47. The van der Waals surface area contributed by atoms with Gasteiger partial charge in [0.05, 0.1) is 13.2 Å². The van der Waals surface area contributed by atoms with Crippen LogP contribution in [0.4, 0.5) is 0 Å². The summed E-state index contributed by atoms with van der Waals surface area (Å²) in [5.74, 6) is 0.169. The van der Waals surface area contributed by atoms with Crippen molar-refractivity contribution in [3.8, 4) is 0 Å². The molecule has 1 atom stereocenters. The van der Waals surface area contributed by atoms with E-state index in [1.165, 1.54) is 24.8 Å². The van der Waals surface area contributed by atoms with E-state index in [1.54, 1.807) is 6.08 Å². The highest BCUT2D eigenvalue weighted by Gasteiger charge is 2.32. The van der Waals surface area contributed by atoms with E-state index >= 15 is 0 Å². The number of rotatable bonds is 4. The number of aldehydes is 1. The van der Waals surface area contributed by atoms with Gasteiger partial charge in [0, 0.05) is 6.42 Å². The van der Waals surface area contributed by atoms with Crippen LogP contribution in [0.15, 0.2) is 11.6 Å². The van der Waals surface area contributed by atoms with Crippen molar-refractivity contribution in [2.75, 3.05) is 13.2 Å². The minimum absolute atomic E-state index is 0.385. The predicted octanol–water partition coefficient (Wildman–Crippen LogP) is 2.85. The number of ether oxygens (including phenoxy) is 2. The van der Waals surface area contributed by atoms with Crippen LogP contribution in [-0.4, -0.2) is 25.3 Å². The van der Waals surface area contributed by atoms with Gasteiger partial charge >= 0.3 is 0 Å². The summed E-state index contributed by atoms with van der Waals surface area (Å²) in [5.41, 5.74) is 1.33. The predicted molar refractivity (Wildman–Crippen MR) is 65.6 cm³/mol. The molecule has 1 saturated heterocycles. The van der Waals surface area contributed by atoms with Crippen molar-refractivity contribution in [1.29, 1.82) is 0 Å². The number of carbonyl (C=O) groups is 1. The van der Waals surface area contributed by atoms with Gasteiger partial charge in [-0.1, -0.05) is 12.0 Å². The standard InChI is InChI=1S/C14H22O3/c1-14(16-10-11-17-14)8-6-12-4-2-3-5-13(12)7-9-15/h7,9,12H,2-6,8,10-11H2,1H3/b13-7+. The third-order valence-corrected chi connectivity index (χ3v) is 3.92. The average molecular weight is 238 g/mol. The van der Waals surface area contributed by atoms with Crippen molar-refractivity contribution >= 4 is 6.29 Å². The SMILES string of the molecule is CC1(CCC2CCCC/C2=C\C=O)OCCO1. The van der Waals surface area contributed by atoms with Crippen LogP contribution >= 0.6 is 0 Å². The van der Waals surface area contributed by atoms with E-state index in [9.17, 15) is 4.79 Å². The summed E-state index contributed by atoms with van der Waals surface area (Å²) < 4.78 is 11.2. The van der Waals surface area contributed by atoms with Gasteiger partial charge < -0.3 is 9.47 Å². The normalized spacial score (nSPS) is 30.6. The van der Waals surface area contributed by atoms with E-state index in [0.717, 1.165) is 25.5 Å². The van der Waals surface area contributed by atoms with Crippen molar-refractivity contribution in [3.63, 3.8) is 0 Å². The second-order valence-electron chi connectivity index (χ2n) is 5.19. The molecule has 0 N–H and O–H groups in total. The van der Waals surface area contributed by atoms with E-state index in [0.29, 0.717) is 19.1 Å². The van der Waals surface area contributed by atoms with Crippen molar-refractivity contribution in [3.05, 3.63) is 11.6 Å². The molecule has 2 rings (SSSR count). The first-order chi connectivity index (χ1) is 8.23. The van der Waals surface area contributed by atoms with Crippen LogP contribution in [-0.2, 0) is 14.3 Å². The molecular formula is C14H22O3. The molecule has 1 heterocycles. The third-order valence-electron chi connectivity index (χ3n) is 3.92. The van der Waals surface area contributed by atoms with E-state index in [2.05, 4.69) is 0 Å². The van der Waals surface area contributed by atoms with Gasteiger partial charge in [-0.2, -0.15) is 0 Å². The number of allylic oxidation sites excluding steroid dienone is 2.